The van der Waals surface area contributed by atoms with E-state index in [1.807, 2.05) is 48.9 Å². The number of hydrogen-bond acceptors (Lipinski definition) is 3. The second kappa shape index (κ2) is 7.21. The van der Waals surface area contributed by atoms with Gasteiger partial charge in [-0.1, -0.05) is 36.4 Å². The number of aromatic nitrogens is 2. The molecule has 3 rings (SSSR count). The van der Waals surface area contributed by atoms with Crippen LogP contribution in [-0.4, -0.2) is 22.8 Å². The van der Waals surface area contributed by atoms with E-state index in [2.05, 4.69) is 22.5 Å². The molecule has 1 amide bonds. The standard InChI is InChI=1S/C20H21N3O2/c1-14-12-19(22-23(14)13-16-8-5-4-6-9-16)21-20(24)17-10-7-11-18(25-3)15(17)2/h4-12H,13H2,1-3H3,(H,21,22,24). The summed E-state index contributed by atoms with van der Waals surface area (Å²) < 4.78 is 7.15. The zero-order chi connectivity index (χ0) is 17.8. The van der Waals surface area contributed by atoms with Crippen LogP contribution < -0.4 is 10.1 Å². The highest BCUT2D eigenvalue weighted by Crippen LogP contribution is 2.22. The Balaban J connectivity index is 1.78. The Hall–Kier alpha value is -3.08. The second-order valence-corrected chi connectivity index (χ2v) is 5.90. The van der Waals surface area contributed by atoms with Gasteiger partial charge in [-0.15, -0.1) is 0 Å². The SMILES string of the molecule is COc1cccc(C(=O)Nc2cc(C)n(Cc3ccccc3)n2)c1C. The van der Waals surface area contributed by atoms with E-state index in [-0.39, 0.29) is 5.91 Å². The number of nitrogens with zero attached hydrogens (tertiary/aromatic N) is 2. The molecule has 0 fully saturated rings. The van der Waals surface area contributed by atoms with Crippen molar-refractivity contribution in [3.8, 4) is 5.75 Å². The Morgan fingerprint density at radius 3 is 2.60 bits per heavy atom. The molecule has 0 saturated carbocycles. The zero-order valence-electron chi connectivity index (χ0n) is 14.6. The Labute approximate surface area is 147 Å². The molecule has 0 aliphatic rings. The topological polar surface area (TPSA) is 56.1 Å². The first-order chi connectivity index (χ1) is 12.1. The third-order valence-corrected chi connectivity index (χ3v) is 4.15. The van der Waals surface area contributed by atoms with E-state index >= 15 is 0 Å². The highest BCUT2D eigenvalue weighted by Gasteiger charge is 2.14. The van der Waals surface area contributed by atoms with Crippen molar-refractivity contribution in [1.82, 2.24) is 9.78 Å². The highest BCUT2D eigenvalue weighted by molar-refractivity contribution is 6.05. The fraction of sp³-hybridized carbons (Fsp3) is 0.200. The number of benzene rings is 2. The maximum Gasteiger partial charge on any atom is 0.257 e. The minimum absolute atomic E-state index is 0.194. The van der Waals surface area contributed by atoms with Gasteiger partial charge in [0.25, 0.3) is 5.91 Å². The van der Waals surface area contributed by atoms with Crippen LogP contribution in [0.4, 0.5) is 5.82 Å². The predicted molar refractivity (Wildman–Crippen MR) is 98.2 cm³/mol. The molecular formula is C20H21N3O2. The minimum atomic E-state index is -0.194. The lowest BCUT2D eigenvalue weighted by molar-refractivity contribution is 0.102. The van der Waals surface area contributed by atoms with Gasteiger partial charge in [0, 0.05) is 22.9 Å². The molecule has 0 aliphatic carbocycles. The maximum absolute atomic E-state index is 12.6. The van der Waals surface area contributed by atoms with Crippen molar-refractivity contribution < 1.29 is 9.53 Å². The summed E-state index contributed by atoms with van der Waals surface area (Å²) in [5, 5.41) is 7.37. The van der Waals surface area contributed by atoms with Crippen LogP contribution in [0.3, 0.4) is 0 Å². The number of methoxy groups -OCH3 is 1. The minimum Gasteiger partial charge on any atom is -0.496 e. The number of rotatable bonds is 5. The molecule has 25 heavy (non-hydrogen) atoms. The van der Waals surface area contributed by atoms with E-state index in [9.17, 15) is 4.79 Å². The van der Waals surface area contributed by atoms with Crippen LogP contribution in [-0.2, 0) is 6.54 Å². The molecule has 1 aromatic heterocycles. The summed E-state index contributed by atoms with van der Waals surface area (Å²) in [5.74, 6) is 1.04. The maximum atomic E-state index is 12.6. The molecule has 1 N–H and O–H groups in total. The number of nitrogens with one attached hydrogen (secondary N) is 1. The molecule has 3 aromatic rings. The lowest BCUT2D eigenvalue weighted by Crippen LogP contribution is -2.14. The highest BCUT2D eigenvalue weighted by atomic mass is 16.5. The molecule has 5 nitrogen and oxygen atoms in total. The van der Waals surface area contributed by atoms with Crippen LogP contribution in [0.2, 0.25) is 0 Å². The normalized spacial score (nSPS) is 10.5. The number of amides is 1. The lowest BCUT2D eigenvalue weighted by atomic mass is 10.1. The molecule has 2 aromatic carbocycles. The molecule has 0 bridgehead atoms. The van der Waals surface area contributed by atoms with Crippen LogP contribution in [0, 0.1) is 13.8 Å². The quantitative estimate of drug-likeness (QED) is 0.771. The van der Waals surface area contributed by atoms with E-state index in [4.69, 9.17) is 4.74 Å². The zero-order valence-corrected chi connectivity index (χ0v) is 14.6. The summed E-state index contributed by atoms with van der Waals surface area (Å²) in [6, 6.07) is 17.4. The first kappa shape index (κ1) is 16.8. The van der Waals surface area contributed by atoms with Crippen molar-refractivity contribution in [2.24, 2.45) is 0 Å². The van der Waals surface area contributed by atoms with Crippen LogP contribution in [0.5, 0.6) is 5.75 Å². The van der Waals surface area contributed by atoms with Gasteiger partial charge >= 0.3 is 0 Å². The number of anilines is 1. The summed E-state index contributed by atoms with van der Waals surface area (Å²) in [6.07, 6.45) is 0. The van der Waals surface area contributed by atoms with Crippen molar-refractivity contribution >= 4 is 11.7 Å². The number of carbonyl (C=O) groups is 1. The van der Waals surface area contributed by atoms with E-state index in [0.717, 1.165) is 16.8 Å². The molecule has 128 valence electrons. The Morgan fingerprint density at radius 2 is 1.88 bits per heavy atom. The van der Waals surface area contributed by atoms with Gasteiger partial charge in [0.2, 0.25) is 0 Å². The summed E-state index contributed by atoms with van der Waals surface area (Å²) >= 11 is 0. The smallest absolute Gasteiger partial charge is 0.257 e. The van der Waals surface area contributed by atoms with Gasteiger partial charge in [0.1, 0.15) is 5.75 Å². The Bertz CT molecular complexity index is 885. The number of ether oxygens (including phenoxy) is 1. The average Bonchev–Trinajstić information content (AvgIpc) is 2.95. The molecule has 0 spiro atoms. The van der Waals surface area contributed by atoms with Crippen molar-refractivity contribution in [1.29, 1.82) is 0 Å². The average molecular weight is 335 g/mol. The van der Waals surface area contributed by atoms with E-state index in [0.29, 0.717) is 23.7 Å². The van der Waals surface area contributed by atoms with Gasteiger partial charge < -0.3 is 10.1 Å². The molecule has 0 saturated heterocycles. The fourth-order valence-electron chi connectivity index (χ4n) is 2.75. The third kappa shape index (κ3) is 3.71. The molecule has 0 atom stereocenters. The molecule has 0 radical (unpaired) electrons. The summed E-state index contributed by atoms with van der Waals surface area (Å²) in [5.41, 5.74) is 3.54. The number of aryl methyl sites for hydroxylation is 1. The van der Waals surface area contributed by atoms with E-state index < -0.39 is 0 Å². The first-order valence-corrected chi connectivity index (χ1v) is 8.12. The van der Waals surface area contributed by atoms with Gasteiger partial charge in [-0.2, -0.15) is 5.10 Å². The van der Waals surface area contributed by atoms with E-state index in [1.165, 1.54) is 0 Å². The van der Waals surface area contributed by atoms with Gasteiger partial charge in [0.15, 0.2) is 5.82 Å². The first-order valence-electron chi connectivity index (χ1n) is 8.12. The van der Waals surface area contributed by atoms with E-state index in [1.54, 1.807) is 19.2 Å². The summed E-state index contributed by atoms with van der Waals surface area (Å²) in [4.78, 5) is 12.6. The van der Waals surface area contributed by atoms with Gasteiger partial charge in [-0.05, 0) is 31.5 Å². The van der Waals surface area contributed by atoms with Crippen LogP contribution in [0.15, 0.2) is 54.6 Å². The number of carbonyl (C=O) groups excluding carboxylic acids is 1. The summed E-state index contributed by atoms with van der Waals surface area (Å²) in [6.45, 7) is 4.51. The molecular weight excluding hydrogens is 314 g/mol. The summed E-state index contributed by atoms with van der Waals surface area (Å²) in [7, 11) is 1.60. The molecule has 5 heteroatoms. The Kier molecular flexibility index (Phi) is 4.84. The van der Waals surface area contributed by atoms with Crippen LogP contribution in [0.1, 0.15) is 27.2 Å². The molecule has 0 unspecified atom stereocenters. The Morgan fingerprint density at radius 1 is 1.12 bits per heavy atom. The van der Waals surface area contributed by atoms with Gasteiger partial charge in [-0.3, -0.25) is 9.48 Å². The van der Waals surface area contributed by atoms with Crippen LogP contribution >= 0.6 is 0 Å². The van der Waals surface area contributed by atoms with Gasteiger partial charge in [0.05, 0.1) is 13.7 Å². The lowest BCUT2D eigenvalue weighted by Gasteiger charge is -2.09. The van der Waals surface area contributed by atoms with Gasteiger partial charge in [-0.25, -0.2) is 0 Å². The fourth-order valence-corrected chi connectivity index (χ4v) is 2.75. The van der Waals surface area contributed by atoms with Crippen molar-refractivity contribution in [2.45, 2.75) is 20.4 Å². The van der Waals surface area contributed by atoms with Crippen LogP contribution in [0.25, 0.3) is 0 Å². The largest absolute Gasteiger partial charge is 0.496 e. The van der Waals surface area contributed by atoms with Crippen molar-refractivity contribution in [3.05, 3.63) is 77.0 Å². The molecule has 0 aliphatic heterocycles. The molecule has 1 heterocycles. The number of hydrogen-bond donors (Lipinski definition) is 1. The van der Waals surface area contributed by atoms with Crippen molar-refractivity contribution in [2.75, 3.05) is 12.4 Å². The second-order valence-electron chi connectivity index (χ2n) is 5.90. The third-order valence-electron chi connectivity index (χ3n) is 4.15. The van der Waals surface area contributed by atoms with Crippen molar-refractivity contribution in [3.63, 3.8) is 0 Å². The predicted octanol–water partition coefficient (Wildman–Crippen LogP) is 3.81. The monoisotopic (exact) mass is 335 g/mol.